The van der Waals surface area contributed by atoms with Gasteiger partial charge in [-0.15, -0.1) is 0 Å². The molecule has 0 amide bonds. The van der Waals surface area contributed by atoms with E-state index in [2.05, 4.69) is 12.2 Å². The van der Waals surface area contributed by atoms with Gasteiger partial charge in [0.15, 0.2) is 11.6 Å². The number of halogens is 1. The van der Waals surface area contributed by atoms with Crippen LogP contribution in [0.15, 0.2) is 24.3 Å². The number of benzene rings is 1. The number of ether oxygens (including phenoxy) is 1. The summed E-state index contributed by atoms with van der Waals surface area (Å²) in [6.07, 6.45) is 1.63. The average molecular weight is 255 g/mol. The molecule has 0 bridgehead atoms. The van der Waals surface area contributed by atoms with Gasteiger partial charge in [-0.05, 0) is 32.0 Å². The molecule has 0 saturated heterocycles. The molecule has 0 saturated carbocycles. The number of hydrogen-bond donors (Lipinski definition) is 2. The van der Waals surface area contributed by atoms with Crippen LogP contribution in [0.2, 0.25) is 0 Å². The van der Waals surface area contributed by atoms with Crippen LogP contribution in [0.4, 0.5) is 4.39 Å². The zero-order valence-corrected chi connectivity index (χ0v) is 11.1. The summed E-state index contributed by atoms with van der Waals surface area (Å²) >= 11 is 0. The van der Waals surface area contributed by atoms with Gasteiger partial charge in [-0.2, -0.15) is 0 Å². The maximum Gasteiger partial charge on any atom is 0.165 e. The van der Waals surface area contributed by atoms with E-state index in [1.54, 1.807) is 18.2 Å². The fraction of sp³-hybridized carbons (Fsp3) is 0.571. The van der Waals surface area contributed by atoms with Crippen LogP contribution in [-0.2, 0) is 0 Å². The van der Waals surface area contributed by atoms with Crippen LogP contribution >= 0.6 is 0 Å². The van der Waals surface area contributed by atoms with Crippen molar-refractivity contribution in [2.24, 2.45) is 0 Å². The van der Waals surface area contributed by atoms with E-state index in [-0.39, 0.29) is 23.7 Å². The highest BCUT2D eigenvalue weighted by Crippen LogP contribution is 2.17. The van der Waals surface area contributed by atoms with Gasteiger partial charge in [0.05, 0.1) is 13.2 Å². The number of aliphatic hydroxyl groups excluding tert-OH is 1. The Morgan fingerprint density at radius 2 is 2.11 bits per heavy atom. The van der Waals surface area contributed by atoms with Gasteiger partial charge >= 0.3 is 0 Å². The topological polar surface area (TPSA) is 41.5 Å². The van der Waals surface area contributed by atoms with Crippen molar-refractivity contribution in [3.05, 3.63) is 30.1 Å². The lowest BCUT2D eigenvalue weighted by molar-refractivity contribution is 0.143. The summed E-state index contributed by atoms with van der Waals surface area (Å²) in [4.78, 5) is 0. The van der Waals surface area contributed by atoms with Gasteiger partial charge in [0, 0.05) is 12.0 Å². The molecule has 1 unspecified atom stereocenters. The van der Waals surface area contributed by atoms with Crippen molar-refractivity contribution in [1.82, 2.24) is 5.32 Å². The van der Waals surface area contributed by atoms with E-state index in [4.69, 9.17) is 4.74 Å². The summed E-state index contributed by atoms with van der Waals surface area (Å²) in [5.74, 6) is -0.0991. The molecule has 0 heterocycles. The van der Waals surface area contributed by atoms with Crippen LogP contribution < -0.4 is 10.1 Å². The quantitative estimate of drug-likeness (QED) is 0.749. The first-order valence-corrected chi connectivity index (χ1v) is 6.34. The summed E-state index contributed by atoms with van der Waals surface area (Å²) in [5.41, 5.74) is -0.374. The molecule has 1 aromatic carbocycles. The SMILES string of the molecule is CCCNC(C)(CO)CCOc1ccccc1F. The molecule has 1 atom stereocenters. The molecule has 102 valence electrons. The van der Waals surface area contributed by atoms with E-state index in [0.29, 0.717) is 13.0 Å². The zero-order valence-electron chi connectivity index (χ0n) is 11.1. The van der Waals surface area contributed by atoms with E-state index in [1.807, 2.05) is 6.92 Å². The average Bonchev–Trinajstić information content (AvgIpc) is 2.39. The number of para-hydroxylation sites is 1. The molecule has 0 aliphatic heterocycles. The minimum absolute atomic E-state index is 0.0353. The van der Waals surface area contributed by atoms with E-state index in [1.165, 1.54) is 6.07 Å². The zero-order chi connectivity index (χ0) is 13.4. The molecule has 0 fully saturated rings. The maximum atomic E-state index is 13.3. The molecule has 2 N–H and O–H groups in total. The second-order valence-corrected chi connectivity index (χ2v) is 4.67. The number of aliphatic hydroxyl groups is 1. The molecule has 0 spiro atoms. The highest BCUT2D eigenvalue weighted by Gasteiger charge is 2.22. The lowest BCUT2D eigenvalue weighted by atomic mass is 9.99. The summed E-state index contributed by atoms with van der Waals surface area (Å²) < 4.78 is 18.7. The van der Waals surface area contributed by atoms with Crippen LogP contribution in [0.3, 0.4) is 0 Å². The van der Waals surface area contributed by atoms with Crippen molar-refractivity contribution in [1.29, 1.82) is 0 Å². The molecule has 4 heteroatoms. The smallest absolute Gasteiger partial charge is 0.165 e. The van der Waals surface area contributed by atoms with Gasteiger partial charge in [0.25, 0.3) is 0 Å². The van der Waals surface area contributed by atoms with E-state index >= 15 is 0 Å². The van der Waals surface area contributed by atoms with Gasteiger partial charge in [-0.25, -0.2) is 4.39 Å². The van der Waals surface area contributed by atoms with Crippen molar-refractivity contribution in [3.63, 3.8) is 0 Å². The third-order valence-corrected chi connectivity index (χ3v) is 2.90. The molecule has 0 radical (unpaired) electrons. The Hall–Kier alpha value is -1.13. The van der Waals surface area contributed by atoms with Crippen molar-refractivity contribution >= 4 is 0 Å². The fourth-order valence-electron chi connectivity index (χ4n) is 1.60. The highest BCUT2D eigenvalue weighted by atomic mass is 19.1. The lowest BCUT2D eigenvalue weighted by Gasteiger charge is -2.28. The molecule has 1 aromatic rings. The fourth-order valence-corrected chi connectivity index (χ4v) is 1.60. The molecule has 0 aliphatic rings. The maximum absolute atomic E-state index is 13.3. The summed E-state index contributed by atoms with van der Waals surface area (Å²) in [6.45, 7) is 5.26. The van der Waals surface area contributed by atoms with E-state index in [9.17, 15) is 9.50 Å². The first kappa shape index (κ1) is 14.9. The molecule has 18 heavy (non-hydrogen) atoms. The second kappa shape index (κ2) is 7.34. The van der Waals surface area contributed by atoms with Crippen LogP contribution in [0.25, 0.3) is 0 Å². The number of hydrogen-bond acceptors (Lipinski definition) is 3. The van der Waals surface area contributed by atoms with Gasteiger partial charge < -0.3 is 15.2 Å². The van der Waals surface area contributed by atoms with Crippen molar-refractivity contribution in [2.75, 3.05) is 19.8 Å². The lowest BCUT2D eigenvalue weighted by Crippen LogP contribution is -2.47. The molecule has 0 aromatic heterocycles. The Balaban J connectivity index is 2.42. The first-order chi connectivity index (χ1) is 8.61. The minimum Gasteiger partial charge on any atom is -0.490 e. The second-order valence-electron chi connectivity index (χ2n) is 4.67. The van der Waals surface area contributed by atoms with Crippen molar-refractivity contribution in [2.45, 2.75) is 32.2 Å². The molecule has 0 aliphatic carbocycles. The van der Waals surface area contributed by atoms with Gasteiger partial charge in [-0.1, -0.05) is 19.1 Å². The summed E-state index contributed by atoms with van der Waals surface area (Å²) in [7, 11) is 0. The molecular formula is C14H22FNO2. The Bertz CT molecular complexity index is 359. The van der Waals surface area contributed by atoms with Gasteiger partial charge in [0.2, 0.25) is 0 Å². The third-order valence-electron chi connectivity index (χ3n) is 2.90. The summed E-state index contributed by atoms with van der Waals surface area (Å²) in [6, 6.07) is 6.34. The van der Waals surface area contributed by atoms with Crippen molar-refractivity contribution < 1.29 is 14.2 Å². The largest absolute Gasteiger partial charge is 0.490 e. The summed E-state index contributed by atoms with van der Waals surface area (Å²) in [5, 5.41) is 12.6. The molecule has 3 nitrogen and oxygen atoms in total. The standard InChI is InChI=1S/C14H22FNO2/c1-3-9-16-14(2,11-17)8-10-18-13-7-5-4-6-12(13)15/h4-7,16-17H,3,8-11H2,1-2H3. The number of nitrogens with one attached hydrogen (secondary N) is 1. The monoisotopic (exact) mass is 255 g/mol. The molecular weight excluding hydrogens is 233 g/mol. The predicted molar refractivity (Wildman–Crippen MR) is 70.3 cm³/mol. The van der Waals surface area contributed by atoms with Crippen LogP contribution in [-0.4, -0.2) is 30.4 Å². The van der Waals surface area contributed by atoms with Crippen LogP contribution in [0.1, 0.15) is 26.7 Å². The Morgan fingerprint density at radius 1 is 1.39 bits per heavy atom. The Labute approximate surface area is 108 Å². The van der Waals surface area contributed by atoms with Gasteiger partial charge in [-0.3, -0.25) is 0 Å². The Kier molecular flexibility index (Phi) is 6.09. The minimum atomic E-state index is -0.374. The predicted octanol–water partition coefficient (Wildman–Crippen LogP) is 2.35. The van der Waals surface area contributed by atoms with Crippen molar-refractivity contribution in [3.8, 4) is 5.75 Å². The van der Waals surface area contributed by atoms with Crippen LogP contribution in [0.5, 0.6) is 5.75 Å². The normalized spacial score (nSPS) is 14.2. The number of rotatable bonds is 8. The van der Waals surface area contributed by atoms with E-state index in [0.717, 1.165) is 13.0 Å². The van der Waals surface area contributed by atoms with E-state index < -0.39 is 0 Å². The third kappa shape index (κ3) is 4.63. The molecule has 1 rings (SSSR count). The highest BCUT2D eigenvalue weighted by molar-refractivity contribution is 5.23. The first-order valence-electron chi connectivity index (χ1n) is 6.34. The van der Waals surface area contributed by atoms with Gasteiger partial charge in [0.1, 0.15) is 0 Å². The van der Waals surface area contributed by atoms with Crippen LogP contribution in [0, 0.1) is 5.82 Å². The Morgan fingerprint density at radius 3 is 2.72 bits per heavy atom.